The Bertz CT molecular complexity index is 272. The number of nitrogens with one attached hydrogen (secondary N) is 1. The summed E-state index contributed by atoms with van der Waals surface area (Å²) in [6, 6.07) is 7.45. The third-order valence-corrected chi connectivity index (χ3v) is 2.41. The van der Waals surface area contributed by atoms with Gasteiger partial charge in [0.25, 0.3) is 0 Å². The Kier molecular flexibility index (Phi) is 4.40. The van der Waals surface area contributed by atoms with Crippen molar-refractivity contribution in [1.29, 1.82) is 0 Å². The highest BCUT2D eigenvalue weighted by Gasteiger charge is 2.04. The molecule has 0 aliphatic rings. The predicted octanol–water partition coefficient (Wildman–Crippen LogP) is 2.82. The molecule has 0 saturated heterocycles. The molecule has 14 heavy (non-hydrogen) atoms. The first-order chi connectivity index (χ1) is 6.81. The van der Waals surface area contributed by atoms with E-state index in [0.29, 0.717) is 5.69 Å². The SMILES string of the molecule is CCN(CC)Cc1ccccc1NF. The van der Waals surface area contributed by atoms with Crippen molar-refractivity contribution in [2.75, 3.05) is 18.6 Å². The van der Waals surface area contributed by atoms with Crippen LogP contribution >= 0.6 is 0 Å². The molecule has 0 aliphatic carbocycles. The van der Waals surface area contributed by atoms with Gasteiger partial charge in [0, 0.05) is 6.54 Å². The van der Waals surface area contributed by atoms with Crippen LogP contribution in [0.5, 0.6) is 0 Å². The summed E-state index contributed by atoms with van der Waals surface area (Å²) in [5, 5.41) is 0. The molecule has 0 fully saturated rings. The van der Waals surface area contributed by atoms with E-state index >= 15 is 0 Å². The lowest BCUT2D eigenvalue weighted by Crippen LogP contribution is -2.22. The van der Waals surface area contributed by atoms with Gasteiger partial charge in [0.2, 0.25) is 0 Å². The Hall–Kier alpha value is -1.09. The minimum atomic E-state index is 0.569. The Morgan fingerprint density at radius 3 is 2.43 bits per heavy atom. The molecule has 0 spiro atoms. The van der Waals surface area contributed by atoms with Gasteiger partial charge in [-0.1, -0.05) is 32.0 Å². The van der Waals surface area contributed by atoms with E-state index in [1.165, 1.54) is 0 Å². The molecule has 3 heteroatoms. The van der Waals surface area contributed by atoms with E-state index in [2.05, 4.69) is 18.7 Å². The highest BCUT2D eigenvalue weighted by Crippen LogP contribution is 2.16. The molecule has 1 N–H and O–H groups in total. The summed E-state index contributed by atoms with van der Waals surface area (Å²) in [4.78, 5) is 2.25. The highest BCUT2D eigenvalue weighted by molar-refractivity contribution is 5.49. The summed E-state index contributed by atoms with van der Waals surface area (Å²) in [6.07, 6.45) is 0. The maximum atomic E-state index is 12.4. The summed E-state index contributed by atoms with van der Waals surface area (Å²) < 4.78 is 12.4. The zero-order chi connectivity index (χ0) is 10.4. The van der Waals surface area contributed by atoms with E-state index in [1.807, 2.05) is 18.2 Å². The number of hydrogen-bond acceptors (Lipinski definition) is 2. The first-order valence-electron chi connectivity index (χ1n) is 4.98. The van der Waals surface area contributed by atoms with Crippen molar-refractivity contribution in [3.63, 3.8) is 0 Å². The molecule has 0 amide bonds. The van der Waals surface area contributed by atoms with Crippen molar-refractivity contribution in [3.8, 4) is 0 Å². The van der Waals surface area contributed by atoms with Crippen molar-refractivity contribution in [1.82, 2.24) is 4.90 Å². The molecule has 2 nitrogen and oxygen atoms in total. The zero-order valence-corrected chi connectivity index (χ0v) is 8.76. The minimum Gasteiger partial charge on any atom is -0.300 e. The number of hydrogen-bond donors (Lipinski definition) is 1. The van der Waals surface area contributed by atoms with Crippen molar-refractivity contribution < 1.29 is 4.48 Å². The molecule has 0 aromatic heterocycles. The number of rotatable bonds is 5. The lowest BCUT2D eigenvalue weighted by atomic mass is 10.1. The molecule has 0 radical (unpaired) electrons. The fourth-order valence-corrected chi connectivity index (χ4v) is 1.44. The van der Waals surface area contributed by atoms with Crippen LogP contribution in [0.3, 0.4) is 0 Å². The normalized spacial score (nSPS) is 10.6. The van der Waals surface area contributed by atoms with Crippen molar-refractivity contribution in [2.24, 2.45) is 0 Å². The third kappa shape index (κ3) is 2.70. The second-order valence-electron chi connectivity index (χ2n) is 3.21. The summed E-state index contributed by atoms with van der Waals surface area (Å²) in [6.45, 7) is 6.97. The van der Waals surface area contributed by atoms with E-state index in [1.54, 1.807) is 11.6 Å². The average Bonchev–Trinajstić information content (AvgIpc) is 2.26. The number of nitrogens with zero attached hydrogens (tertiary/aromatic N) is 1. The monoisotopic (exact) mass is 196 g/mol. The summed E-state index contributed by atoms with van der Waals surface area (Å²) in [5.74, 6) is 0. The van der Waals surface area contributed by atoms with E-state index in [4.69, 9.17) is 0 Å². The van der Waals surface area contributed by atoms with Gasteiger partial charge in [-0.3, -0.25) is 4.90 Å². The molecule has 0 atom stereocenters. The van der Waals surface area contributed by atoms with Crippen LogP contribution in [0.1, 0.15) is 19.4 Å². The van der Waals surface area contributed by atoms with Gasteiger partial charge in [-0.2, -0.15) is 0 Å². The molecule has 1 rings (SSSR count). The van der Waals surface area contributed by atoms with Gasteiger partial charge in [-0.15, -0.1) is 4.48 Å². The van der Waals surface area contributed by atoms with E-state index < -0.39 is 0 Å². The number of anilines is 1. The Labute approximate surface area is 84.7 Å². The smallest absolute Gasteiger partial charge is 0.0700 e. The summed E-state index contributed by atoms with van der Waals surface area (Å²) >= 11 is 0. The number of para-hydroxylation sites is 1. The Morgan fingerprint density at radius 2 is 1.86 bits per heavy atom. The van der Waals surface area contributed by atoms with Gasteiger partial charge in [0.1, 0.15) is 0 Å². The van der Waals surface area contributed by atoms with Gasteiger partial charge < -0.3 is 0 Å². The van der Waals surface area contributed by atoms with Crippen LogP contribution in [-0.2, 0) is 6.54 Å². The van der Waals surface area contributed by atoms with E-state index in [9.17, 15) is 4.48 Å². The van der Waals surface area contributed by atoms with Gasteiger partial charge in [0.05, 0.1) is 5.69 Å². The number of halogens is 1. The van der Waals surface area contributed by atoms with Crippen LogP contribution < -0.4 is 5.54 Å². The van der Waals surface area contributed by atoms with Gasteiger partial charge in [-0.05, 0) is 24.7 Å². The third-order valence-electron chi connectivity index (χ3n) is 2.41. The lowest BCUT2D eigenvalue weighted by Gasteiger charge is -2.19. The second kappa shape index (κ2) is 5.60. The molecule has 1 aromatic carbocycles. The maximum absolute atomic E-state index is 12.4. The van der Waals surface area contributed by atoms with Gasteiger partial charge in [-0.25, -0.2) is 5.54 Å². The largest absolute Gasteiger partial charge is 0.300 e. The van der Waals surface area contributed by atoms with Crippen molar-refractivity contribution in [2.45, 2.75) is 20.4 Å². The zero-order valence-electron chi connectivity index (χ0n) is 8.76. The summed E-state index contributed by atoms with van der Waals surface area (Å²) in [7, 11) is 0. The quantitative estimate of drug-likeness (QED) is 0.728. The molecule has 78 valence electrons. The molecule has 0 bridgehead atoms. The van der Waals surface area contributed by atoms with Crippen LogP contribution in [0.25, 0.3) is 0 Å². The first-order valence-corrected chi connectivity index (χ1v) is 4.98. The lowest BCUT2D eigenvalue weighted by molar-refractivity contribution is 0.296. The Balaban J connectivity index is 2.74. The molecule has 0 heterocycles. The number of benzene rings is 1. The molecule has 0 unspecified atom stereocenters. The van der Waals surface area contributed by atoms with Gasteiger partial charge >= 0.3 is 0 Å². The molecular formula is C11H17FN2. The fraction of sp³-hybridized carbons (Fsp3) is 0.455. The van der Waals surface area contributed by atoms with Crippen LogP contribution in [0.15, 0.2) is 24.3 Å². The summed E-state index contributed by atoms with van der Waals surface area (Å²) in [5.41, 5.74) is 3.29. The van der Waals surface area contributed by atoms with E-state index in [-0.39, 0.29) is 0 Å². The average molecular weight is 196 g/mol. The van der Waals surface area contributed by atoms with Crippen LogP contribution in [0.4, 0.5) is 10.2 Å². The standard InChI is InChI=1S/C11H17FN2/c1-3-14(4-2)9-10-7-5-6-8-11(10)13-12/h5-8,13H,3-4,9H2,1-2H3. The van der Waals surface area contributed by atoms with Crippen molar-refractivity contribution >= 4 is 5.69 Å². The first kappa shape index (κ1) is 11.0. The molecular weight excluding hydrogens is 179 g/mol. The highest BCUT2D eigenvalue weighted by atomic mass is 19.2. The van der Waals surface area contributed by atoms with Crippen LogP contribution in [-0.4, -0.2) is 18.0 Å². The van der Waals surface area contributed by atoms with E-state index in [0.717, 1.165) is 25.2 Å². The Morgan fingerprint density at radius 1 is 1.21 bits per heavy atom. The maximum Gasteiger partial charge on any atom is 0.0700 e. The van der Waals surface area contributed by atoms with Crippen LogP contribution in [0, 0.1) is 0 Å². The second-order valence-corrected chi connectivity index (χ2v) is 3.21. The van der Waals surface area contributed by atoms with Crippen molar-refractivity contribution in [3.05, 3.63) is 29.8 Å². The molecule has 0 saturated carbocycles. The minimum absolute atomic E-state index is 0.569. The van der Waals surface area contributed by atoms with Crippen LogP contribution in [0.2, 0.25) is 0 Å². The molecule has 0 aliphatic heterocycles. The fourth-order valence-electron chi connectivity index (χ4n) is 1.44. The topological polar surface area (TPSA) is 15.3 Å². The van der Waals surface area contributed by atoms with Gasteiger partial charge in [0.15, 0.2) is 0 Å². The molecule has 1 aromatic rings. The predicted molar refractivity (Wildman–Crippen MR) is 57.8 cm³/mol.